The van der Waals surface area contributed by atoms with Crippen LogP contribution in [0.1, 0.15) is 24.9 Å². The number of rotatable bonds is 3. The predicted molar refractivity (Wildman–Crippen MR) is 73.3 cm³/mol. The quantitative estimate of drug-likeness (QED) is 0.783. The molecular formula is C14H15NO2S. The zero-order chi connectivity index (χ0) is 13.1. The predicted octanol–water partition coefficient (Wildman–Crippen LogP) is 3.39. The molecule has 0 N–H and O–H groups in total. The monoisotopic (exact) mass is 261 g/mol. The molecule has 1 saturated heterocycles. The maximum atomic E-state index is 12.0. The lowest BCUT2D eigenvalue weighted by atomic mass is 9.99. The van der Waals surface area contributed by atoms with Crippen molar-refractivity contribution in [1.29, 1.82) is 0 Å². The van der Waals surface area contributed by atoms with Crippen molar-refractivity contribution in [2.45, 2.75) is 19.4 Å². The molecular weight excluding hydrogens is 246 g/mol. The van der Waals surface area contributed by atoms with Gasteiger partial charge in [-0.15, -0.1) is 0 Å². The van der Waals surface area contributed by atoms with Gasteiger partial charge in [0, 0.05) is 12.2 Å². The Labute approximate surface area is 111 Å². The number of imide groups is 1. The Morgan fingerprint density at radius 1 is 1.33 bits per heavy atom. The maximum absolute atomic E-state index is 12.0. The lowest BCUT2D eigenvalue weighted by molar-refractivity contribution is -0.128. The minimum Gasteiger partial charge on any atom is -0.274 e. The van der Waals surface area contributed by atoms with Crippen molar-refractivity contribution in [2.75, 3.05) is 5.75 Å². The van der Waals surface area contributed by atoms with Gasteiger partial charge < -0.3 is 0 Å². The Morgan fingerprint density at radius 2 is 2.00 bits per heavy atom. The van der Waals surface area contributed by atoms with Crippen molar-refractivity contribution in [3.05, 3.63) is 48.0 Å². The van der Waals surface area contributed by atoms with Gasteiger partial charge in [0.25, 0.3) is 5.24 Å². The zero-order valence-electron chi connectivity index (χ0n) is 10.3. The van der Waals surface area contributed by atoms with E-state index in [0.29, 0.717) is 12.2 Å². The van der Waals surface area contributed by atoms with Gasteiger partial charge in [-0.05, 0) is 12.5 Å². The number of amides is 2. The van der Waals surface area contributed by atoms with Crippen LogP contribution in [0, 0.1) is 0 Å². The van der Waals surface area contributed by atoms with Crippen LogP contribution in [0.5, 0.6) is 0 Å². The first-order valence-corrected chi connectivity index (χ1v) is 6.79. The van der Waals surface area contributed by atoms with Crippen LogP contribution in [0.3, 0.4) is 0 Å². The van der Waals surface area contributed by atoms with Gasteiger partial charge in [0.2, 0.25) is 5.91 Å². The molecule has 4 heteroatoms. The third kappa shape index (κ3) is 2.48. The number of carbonyl (C=O) groups excluding carboxylic acids is 2. The first-order chi connectivity index (χ1) is 8.61. The Morgan fingerprint density at radius 3 is 2.56 bits per heavy atom. The molecule has 0 spiro atoms. The summed E-state index contributed by atoms with van der Waals surface area (Å²) in [5.74, 6) is 0.460. The Balaban J connectivity index is 2.39. The highest BCUT2D eigenvalue weighted by atomic mass is 32.2. The van der Waals surface area contributed by atoms with Gasteiger partial charge in [-0.2, -0.15) is 0 Å². The molecule has 1 aromatic rings. The van der Waals surface area contributed by atoms with Gasteiger partial charge in [0.05, 0.1) is 6.04 Å². The SMILES string of the molecule is C=C(C)[C@H](c1ccccc1)N1C(=O)CCSC1=O. The molecule has 0 unspecified atom stereocenters. The van der Waals surface area contributed by atoms with Gasteiger partial charge in [0.1, 0.15) is 0 Å². The second-order valence-electron chi connectivity index (χ2n) is 4.29. The molecule has 1 atom stereocenters. The fourth-order valence-electron chi connectivity index (χ4n) is 2.06. The lowest BCUT2D eigenvalue weighted by Crippen LogP contribution is -2.41. The van der Waals surface area contributed by atoms with E-state index in [-0.39, 0.29) is 17.2 Å². The molecule has 1 heterocycles. The maximum Gasteiger partial charge on any atom is 0.289 e. The normalized spacial score (nSPS) is 17.7. The molecule has 1 aromatic carbocycles. The summed E-state index contributed by atoms with van der Waals surface area (Å²) in [6.07, 6.45) is 0.410. The number of carbonyl (C=O) groups is 2. The number of thioether (sulfide) groups is 1. The second-order valence-corrected chi connectivity index (χ2v) is 5.33. The summed E-state index contributed by atoms with van der Waals surface area (Å²) < 4.78 is 0. The van der Waals surface area contributed by atoms with Crippen molar-refractivity contribution >= 4 is 22.9 Å². The zero-order valence-corrected chi connectivity index (χ0v) is 11.1. The van der Waals surface area contributed by atoms with Crippen LogP contribution < -0.4 is 0 Å². The molecule has 94 valence electrons. The molecule has 1 aliphatic heterocycles. The van der Waals surface area contributed by atoms with Gasteiger partial charge in [0.15, 0.2) is 0 Å². The van der Waals surface area contributed by atoms with E-state index in [1.165, 1.54) is 16.7 Å². The molecule has 1 fully saturated rings. The third-order valence-electron chi connectivity index (χ3n) is 2.85. The van der Waals surface area contributed by atoms with Crippen LogP contribution in [-0.2, 0) is 4.79 Å². The van der Waals surface area contributed by atoms with Crippen LogP contribution in [0.15, 0.2) is 42.5 Å². The number of benzene rings is 1. The third-order valence-corrected chi connectivity index (χ3v) is 3.70. The van der Waals surface area contributed by atoms with E-state index in [0.717, 1.165) is 11.1 Å². The van der Waals surface area contributed by atoms with Crippen molar-refractivity contribution < 1.29 is 9.59 Å². The lowest BCUT2D eigenvalue weighted by Gasteiger charge is -2.33. The minimum atomic E-state index is -0.348. The van der Waals surface area contributed by atoms with E-state index < -0.39 is 0 Å². The highest BCUT2D eigenvalue weighted by Gasteiger charge is 2.34. The molecule has 3 nitrogen and oxygen atoms in total. The summed E-state index contributed by atoms with van der Waals surface area (Å²) in [6, 6.07) is 9.19. The van der Waals surface area contributed by atoms with Crippen molar-refractivity contribution in [2.24, 2.45) is 0 Å². The smallest absolute Gasteiger partial charge is 0.274 e. The molecule has 2 amide bonds. The number of hydrogen-bond donors (Lipinski definition) is 0. The first kappa shape index (κ1) is 12.9. The Hall–Kier alpha value is -1.55. The van der Waals surface area contributed by atoms with Crippen molar-refractivity contribution in [3.63, 3.8) is 0 Å². The van der Waals surface area contributed by atoms with Crippen LogP contribution in [0.4, 0.5) is 4.79 Å². The Kier molecular flexibility index (Phi) is 3.87. The van der Waals surface area contributed by atoms with E-state index in [2.05, 4.69) is 6.58 Å². The number of hydrogen-bond acceptors (Lipinski definition) is 3. The van der Waals surface area contributed by atoms with E-state index in [9.17, 15) is 9.59 Å². The van der Waals surface area contributed by atoms with Gasteiger partial charge >= 0.3 is 0 Å². The summed E-state index contributed by atoms with van der Waals surface area (Å²) in [7, 11) is 0. The van der Waals surface area contributed by atoms with E-state index in [1.807, 2.05) is 37.3 Å². The number of nitrogens with zero attached hydrogens (tertiary/aromatic N) is 1. The molecule has 1 aliphatic rings. The molecule has 0 saturated carbocycles. The molecule has 0 radical (unpaired) electrons. The van der Waals surface area contributed by atoms with Gasteiger partial charge in [-0.25, -0.2) is 0 Å². The fourth-order valence-corrected chi connectivity index (χ4v) is 2.85. The standard InChI is InChI=1S/C14H15NO2S/c1-10(2)13(11-6-4-3-5-7-11)15-12(16)8-9-18-14(15)17/h3-7,13H,1,8-9H2,2H3/t13-/m1/s1. The average molecular weight is 261 g/mol. The fraction of sp³-hybridized carbons (Fsp3) is 0.286. The summed E-state index contributed by atoms with van der Waals surface area (Å²) in [6.45, 7) is 5.77. The summed E-state index contributed by atoms with van der Waals surface area (Å²) in [5.41, 5.74) is 1.72. The molecule has 0 aromatic heterocycles. The largest absolute Gasteiger partial charge is 0.289 e. The first-order valence-electron chi connectivity index (χ1n) is 5.80. The summed E-state index contributed by atoms with van der Waals surface area (Å²) in [5, 5.41) is -0.178. The molecule has 18 heavy (non-hydrogen) atoms. The average Bonchev–Trinajstić information content (AvgIpc) is 2.34. The van der Waals surface area contributed by atoms with E-state index in [4.69, 9.17) is 0 Å². The summed E-state index contributed by atoms with van der Waals surface area (Å²) in [4.78, 5) is 25.3. The van der Waals surface area contributed by atoms with Crippen molar-refractivity contribution in [1.82, 2.24) is 4.90 Å². The van der Waals surface area contributed by atoms with Crippen LogP contribution in [-0.4, -0.2) is 21.8 Å². The second kappa shape index (κ2) is 5.40. The highest BCUT2D eigenvalue weighted by Crippen LogP contribution is 2.33. The van der Waals surface area contributed by atoms with E-state index >= 15 is 0 Å². The molecule has 0 bridgehead atoms. The van der Waals surface area contributed by atoms with Crippen LogP contribution >= 0.6 is 11.8 Å². The van der Waals surface area contributed by atoms with Crippen LogP contribution in [0.2, 0.25) is 0 Å². The van der Waals surface area contributed by atoms with Crippen molar-refractivity contribution in [3.8, 4) is 0 Å². The van der Waals surface area contributed by atoms with Gasteiger partial charge in [-0.1, -0.05) is 54.2 Å². The topological polar surface area (TPSA) is 37.4 Å². The van der Waals surface area contributed by atoms with Gasteiger partial charge in [-0.3, -0.25) is 14.5 Å². The van der Waals surface area contributed by atoms with Crippen LogP contribution in [0.25, 0.3) is 0 Å². The molecule has 2 rings (SSSR count). The molecule has 0 aliphatic carbocycles. The summed E-state index contributed by atoms with van der Waals surface area (Å²) >= 11 is 1.20. The minimum absolute atomic E-state index is 0.115. The highest BCUT2D eigenvalue weighted by molar-refractivity contribution is 8.13. The van der Waals surface area contributed by atoms with E-state index in [1.54, 1.807) is 0 Å². The Bertz CT molecular complexity index is 468.